The van der Waals surface area contributed by atoms with Crippen LogP contribution < -0.4 is 15.4 Å². The van der Waals surface area contributed by atoms with Gasteiger partial charge in [0.2, 0.25) is 0 Å². The molecule has 1 aromatic carbocycles. The van der Waals surface area contributed by atoms with E-state index in [1.54, 1.807) is 45.2 Å². The molecule has 0 bridgehead atoms. The van der Waals surface area contributed by atoms with Crippen molar-refractivity contribution in [2.75, 3.05) is 12.4 Å². The van der Waals surface area contributed by atoms with E-state index in [0.29, 0.717) is 11.4 Å². The van der Waals surface area contributed by atoms with Crippen molar-refractivity contribution in [3.05, 3.63) is 24.3 Å². The number of hydrogen-bond donors (Lipinski definition) is 3. The summed E-state index contributed by atoms with van der Waals surface area (Å²) in [5.41, 5.74) is 0.561. The van der Waals surface area contributed by atoms with E-state index >= 15 is 0 Å². The van der Waals surface area contributed by atoms with Crippen LogP contribution in [-0.2, 0) is 4.79 Å². The average molecular weight is 266 g/mol. The Kier molecular flexibility index (Phi) is 5.17. The topological polar surface area (TPSA) is 87.7 Å². The van der Waals surface area contributed by atoms with Gasteiger partial charge in [-0.2, -0.15) is 0 Å². The van der Waals surface area contributed by atoms with Crippen LogP contribution in [0.3, 0.4) is 0 Å². The zero-order chi connectivity index (χ0) is 14.4. The molecule has 0 saturated carbocycles. The van der Waals surface area contributed by atoms with Crippen LogP contribution in [0.15, 0.2) is 24.3 Å². The number of nitrogens with one attached hydrogen (secondary N) is 2. The van der Waals surface area contributed by atoms with Gasteiger partial charge >= 0.3 is 12.0 Å². The van der Waals surface area contributed by atoms with Crippen molar-refractivity contribution in [1.82, 2.24) is 5.32 Å². The largest absolute Gasteiger partial charge is 0.497 e. The maximum atomic E-state index is 11.7. The van der Waals surface area contributed by atoms with Crippen molar-refractivity contribution in [3.63, 3.8) is 0 Å². The third-order valence-corrected chi connectivity index (χ3v) is 2.57. The van der Waals surface area contributed by atoms with Gasteiger partial charge in [0.15, 0.2) is 0 Å². The monoisotopic (exact) mass is 266 g/mol. The van der Waals surface area contributed by atoms with Gasteiger partial charge in [-0.3, -0.25) is 0 Å². The van der Waals surface area contributed by atoms with Crippen LogP contribution in [0.5, 0.6) is 5.75 Å². The van der Waals surface area contributed by atoms with E-state index < -0.39 is 18.0 Å². The number of carbonyl (C=O) groups excluding carboxylic acids is 1. The summed E-state index contributed by atoms with van der Waals surface area (Å²) >= 11 is 0. The summed E-state index contributed by atoms with van der Waals surface area (Å²) in [4.78, 5) is 22.6. The molecule has 0 aliphatic carbocycles. The Balaban J connectivity index is 2.61. The van der Waals surface area contributed by atoms with Crippen molar-refractivity contribution in [3.8, 4) is 5.75 Å². The van der Waals surface area contributed by atoms with E-state index in [4.69, 9.17) is 9.84 Å². The molecular formula is C13H18N2O4. The number of aliphatic carboxylic acids is 1. The lowest BCUT2D eigenvalue weighted by molar-refractivity contribution is -0.140. The highest BCUT2D eigenvalue weighted by Crippen LogP contribution is 2.14. The zero-order valence-electron chi connectivity index (χ0n) is 11.1. The molecule has 0 aliphatic heterocycles. The van der Waals surface area contributed by atoms with Gasteiger partial charge in [0.05, 0.1) is 7.11 Å². The third kappa shape index (κ3) is 4.50. The van der Waals surface area contributed by atoms with E-state index in [9.17, 15) is 9.59 Å². The molecule has 1 atom stereocenters. The number of methoxy groups -OCH3 is 1. The maximum Gasteiger partial charge on any atom is 0.326 e. The number of anilines is 1. The molecule has 0 heterocycles. The van der Waals surface area contributed by atoms with Crippen LogP contribution in [0.1, 0.15) is 13.8 Å². The van der Waals surface area contributed by atoms with Crippen molar-refractivity contribution >= 4 is 17.7 Å². The summed E-state index contributed by atoms with van der Waals surface area (Å²) in [5.74, 6) is -0.574. The Labute approximate surface area is 111 Å². The first kappa shape index (κ1) is 14.8. The van der Waals surface area contributed by atoms with Gasteiger partial charge in [0.25, 0.3) is 0 Å². The minimum atomic E-state index is -1.06. The van der Waals surface area contributed by atoms with Crippen LogP contribution in [0.2, 0.25) is 0 Å². The number of carbonyl (C=O) groups is 2. The van der Waals surface area contributed by atoms with Crippen LogP contribution in [0.25, 0.3) is 0 Å². The number of amides is 2. The molecule has 19 heavy (non-hydrogen) atoms. The van der Waals surface area contributed by atoms with Gasteiger partial charge in [-0.05, 0) is 30.2 Å². The summed E-state index contributed by atoms with van der Waals surface area (Å²) in [6, 6.07) is 5.27. The Morgan fingerprint density at radius 1 is 1.21 bits per heavy atom. The van der Waals surface area contributed by atoms with Crippen LogP contribution in [0.4, 0.5) is 10.5 Å². The summed E-state index contributed by atoms with van der Waals surface area (Å²) in [6.07, 6.45) is 0. The van der Waals surface area contributed by atoms with Gasteiger partial charge < -0.3 is 20.5 Å². The molecule has 104 valence electrons. The fraction of sp³-hybridized carbons (Fsp3) is 0.385. The Hall–Kier alpha value is -2.24. The minimum Gasteiger partial charge on any atom is -0.497 e. The normalized spacial score (nSPS) is 11.8. The molecule has 0 aliphatic rings. The van der Waals surface area contributed by atoms with Crippen molar-refractivity contribution in [2.45, 2.75) is 19.9 Å². The molecule has 0 radical (unpaired) electrons. The average Bonchev–Trinajstić information content (AvgIpc) is 2.36. The second kappa shape index (κ2) is 6.63. The quantitative estimate of drug-likeness (QED) is 0.759. The first-order valence-corrected chi connectivity index (χ1v) is 5.88. The predicted molar refractivity (Wildman–Crippen MR) is 71.4 cm³/mol. The SMILES string of the molecule is COc1ccc(NC(=O)N[C@@H](C(=O)O)C(C)C)cc1. The summed E-state index contributed by atoms with van der Waals surface area (Å²) in [5, 5.41) is 13.9. The van der Waals surface area contributed by atoms with Crippen LogP contribution in [0, 0.1) is 5.92 Å². The number of rotatable bonds is 5. The van der Waals surface area contributed by atoms with Crippen LogP contribution in [-0.4, -0.2) is 30.3 Å². The smallest absolute Gasteiger partial charge is 0.326 e. The molecule has 2 amide bonds. The molecule has 0 spiro atoms. The fourth-order valence-corrected chi connectivity index (χ4v) is 1.50. The zero-order valence-corrected chi connectivity index (χ0v) is 11.1. The number of urea groups is 1. The number of benzene rings is 1. The highest BCUT2D eigenvalue weighted by molar-refractivity contribution is 5.92. The Morgan fingerprint density at radius 3 is 2.21 bits per heavy atom. The highest BCUT2D eigenvalue weighted by atomic mass is 16.5. The van der Waals surface area contributed by atoms with E-state index in [1.807, 2.05) is 0 Å². The molecule has 0 unspecified atom stereocenters. The summed E-state index contributed by atoms with van der Waals surface area (Å²) < 4.78 is 5.00. The van der Waals surface area contributed by atoms with Gasteiger partial charge in [0, 0.05) is 5.69 Å². The van der Waals surface area contributed by atoms with Gasteiger partial charge in [-0.15, -0.1) is 0 Å². The molecule has 3 N–H and O–H groups in total. The number of carboxylic acids is 1. The molecule has 6 heteroatoms. The molecule has 0 saturated heterocycles. The highest BCUT2D eigenvalue weighted by Gasteiger charge is 2.23. The summed E-state index contributed by atoms with van der Waals surface area (Å²) in [7, 11) is 1.55. The van der Waals surface area contributed by atoms with Crippen LogP contribution >= 0.6 is 0 Å². The molecule has 1 aromatic rings. The Morgan fingerprint density at radius 2 is 1.79 bits per heavy atom. The number of hydrogen-bond acceptors (Lipinski definition) is 3. The predicted octanol–water partition coefficient (Wildman–Crippen LogP) is 1.93. The minimum absolute atomic E-state index is 0.195. The van der Waals surface area contributed by atoms with Gasteiger partial charge in [-0.1, -0.05) is 13.8 Å². The molecule has 6 nitrogen and oxygen atoms in total. The fourth-order valence-electron chi connectivity index (χ4n) is 1.50. The molecule has 0 aromatic heterocycles. The van der Waals surface area contributed by atoms with Crippen molar-refractivity contribution in [2.24, 2.45) is 5.92 Å². The lowest BCUT2D eigenvalue weighted by atomic mass is 10.1. The first-order chi connectivity index (χ1) is 8.93. The van der Waals surface area contributed by atoms with E-state index in [1.165, 1.54) is 0 Å². The van der Waals surface area contributed by atoms with E-state index in [2.05, 4.69) is 10.6 Å². The Bertz CT molecular complexity index is 442. The van der Waals surface area contributed by atoms with Gasteiger partial charge in [-0.25, -0.2) is 9.59 Å². The van der Waals surface area contributed by atoms with Crippen molar-refractivity contribution in [1.29, 1.82) is 0 Å². The molecule has 0 fully saturated rings. The number of carboxylic acid groups (broad SMARTS) is 1. The van der Waals surface area contributed by atoms with Crippen molar-refractivity contribution < 1.29 is 19.4 Å². The second-order valence-electron chi connectivity index (χ2n) is 4.39. The standard InChI is InChI=1S/C13H18N2O4/c1-8(2)11(12(16)17)15-13(18)14-9-4-6-10(19-3)7-5-9/h4-8,11H,1-3H3,(H,16,17)(H2,14,15,18)/t11-/m1/s1. The van der Waals surface area contributed by atoms with E-state index in [0.717, 1.165) is 0 Å². The summed E-state index contributed by atoms with van der Waals surface area (Å²) in [6.45, 7) is 3.46. The maximum absolute atomic E-state index is 11.7. The first-order valence-electron chi connectivity index (χ1n) is 5.88. The second-order valence-corrected chi connectivity index (χ2v) is 4.39. The van der Waals surface area contributed by atoms with E-state index in [-0.39, 0.29) is 5.92 Å². The molecular weight excluding hydrogens is 248 g/mol. The lowest BCUT2D eigenvalue weighted by Gasteiger charge is -2.18. The molecule has 1 rings (SSSR count). The number of ether oxygens (including phenoxy) is 1. The lowest BCUT2D eigenvalue weighted by Crippen LogP contribution is -2.46. The third-order valence-electron chi connectivity index (χ3n) is 2.57. The van der Waals surface area contributed by atoms with Gasteiger partial charge in [0.1, 0.15) is 11.8 Å².